The van der Waals surface area contributed by atoms with Crippen LogP contribution in [0.2, 0.25) is 0 Å². The van der Waals surface area contributed by atoms with Crippen molar-refractivity contribution in [1.82, 2.24) is 24.5 Å². The van der Waals surface area contributed by atoms with Crippen LogP contribution in [0.25, 0.3) is 16.9 Å². The third kappa shape index (κ3) is 3.59. The highest BCUT2D eigenvalue weighted by Gasteiger charge is 2.16. The summed E-state index contributed by atoms with van der Waals surface area (Å²) in [7, 11) is 0. The highest BCUT2D eigenvalue weighted by Crippen LogP contribution is 2.32. The number of carbonyl (C=O) groups is 1. The van der Waals surface area contributed by atoms with Crippen molar-refractivity contribution in [2.45, 2.75) is 13.5 Å². The fraction of sp³-hybridized carbons (Fsp3) is 0.190. The van der Waals surface area contributed by atoms with Crippen molar-refractivity contribution in [1.29, 1.82) is 0 Å². The number of anilines is 1. The maximum atomic E-state index is 12.8. The number of hydrogen-bond acceptors (Lipinski definition) is 7. The van der Waals surface area contributed by atoms with Crippen molar-refractivity contribution in [2.75, 3.05) is 18.5 Å². The van der Waals surface area contributed by atoms with E-state index in [1.807, 2.05) is 31.2 Å². The molecule has 10 heteroatoms. The van der Waals surface area contributed by atoms with Crippen LogP contribution in [0, 0.1) is 6.92 Å². The first kappa shape index (κ1) is 18.8. The molecule has 156 valence electrons. The molecule has 2 aromatic carbocycles. The SMILES string of the molecule is Cc1ccc(-n2nnc3c(=O)n(CC(=O)Nc4ccc5c(c4)OCCO5)cnc32)cc1. The number of hydrogen-bond donors (Lipinski definition) is 1. The normalized spacial score (nSPS) is 12.7. The van der Waals surface area contributed by atoms with Crippen molar-refractivity contribution < 1.29 is 14.3 Å². The average Bonchev–Trinajstić information content (AvgIpc) is 3.21. The molecule has 3 heterocycles. The lowest BCUT2D eigenvalue weighted by atomic mass is 10.2. The first-order valence-electron chi connectivity index (χ1n) is 9.66. The average molecular weight is 418 g/mol. The van der Waals surface area contributed by atoms with E-state index in [9.17, 15) is 9.59 Å². The van der Waals surface area contributed by atoms with Crippen LogP contribution in [0.5, 0.6) is 11.5 Å². The first-order chi connectivity index (χ1) is 15.1. The monoisotopic (exact) mass is 418 g/mol. The molecule has 5 rings (SSSR count). The number of carbonyl (C=O) groups excluding carboxylic acids is 1. The van der Waals surface area contributed by atoms with E-state index in [1.165, 1.54) is 15.6 Å². The Hall–Kier alpha value is -4.21. The molecule has 1 aliphatic heterocycles. The van der Waals surface area contributed by atoms with Gasteiger partial charge in [-0.3, -0.25) is 14.2 Å². The van der Waals surface area contributed by atoms with Crippen LogP contribution in [0.1, 0.15) is 5.56 Å². The summed E-state index contributed by atoms with van der Waals surface area (Å²) < 4.78 is 13.7. The van der Waals surface area contributed by atoms with E-state index in [0.717, 1.165) is 11.3 Å². The summed E-state index contributed by atoms with van der Waals surface area (Å²) in [5.41, 5.74) is 2.37. The minimum absolute atomic E-state index is 0.0928. The van der Waals surface area contributed by atoms with Crippen molar-refractivity contribution in [3.8, 4) is 17.2 Å². The van der Waals surface area contributed by atoms with Crippen molar-refractivity contribution >= 4 is 22.8 Å². The number of aromatic nitrogens is 5. The molecule has 10 nitrogen and oxygen atoms in total. The van der Waals surface area contributed by atoms with Crippen LogP contribution in [0.4, 0.5) is 5.69 Å². The molecule has 0 radical (unpaired) electrons. The Morgan fingerprint density at radius 2 is 1.87 bits per heavy atom. The van der Waals surface area contributed by atoms with Gasteiger partial charge < -0.3 is 14.8 Å². The summed E-state index contributed by atoms with van der Waals surface area (Å²) in [5.74, 6) is 0.815. The number of rotatable bonds is 4. The Balaban J connectivity index is 1.37. The molecule has 0 unspecified atom stereocenters. The molecule has 0 bridgehead atoms. The lowest BCUT2D eigenvalue weighted by molar-refractivity contribution is -0.116. The van der Waals surface area contributed by atoms with Gasteiger partial charge in [-0.1, -0.05) is 22.9 Å². The van der Waals surface area contributed by atoms with E-state index in [-0.39, 0.29) is 18.0 Å². The molecule has 1 N–H and O–H groups in total. The van der Waals surface area contributed by atoms with E-state index in [2.05, 4.69) is 20.6 Å². The number of amides is 1. The van der Waals surface area contributed by atoms with Gasteiger partial charge in [-0.15, -0.1) is 5.10 Å². The van der Waals surface area contributed by atoms with Crippen LogP contribution in [-0.2, 0) is 11.3 Å². The molecular weight excluding hydrogens is 400 g/mol. The topological polar surface area (TPSA) is 113 Å². The lowest BCUT2D eigenvalue weighted by Crippen LogP contribution is -2.28. The highest BCUT2D eigenvalue weighted by atomic mass is 16.6. The third-order valence-corrected chi connectivity index (χ3v) is 4.85. The molecule has 0 atom stereocenters. The summed E-state index contributed by atoms with van der Waals surface area (Å²) in [6, 6.07) is 12.7. The van der Waals surface area contributed by atoms with E-state index < -0.39 is 5.56 Å². The number of nitrogens with one attached hydrogen (secondary N) is 1. The zero-order chi connectivity index (χ0) is 21.4. The molecule has 4 aromatic rings. The van der Waals surface area contributed by atoms with Gasteiger partial charge in [0.2, 0.25) is 5.91 Å². The summed E-state index contributed by atoms with van der Waals surface area (Å²) >= 11 is 0. The summed E-state index contributed by atoms with van der Waals surface area (Å²) in [5, 5.41) is 10.8. The third-order valence-electron chi connectivity index (χ3n) is 4.85. The second kappa shape index (κ2) is 7.56. The Bertz CT molecular complexity index is 1340. The Morgan fingerprint density at radius 1 is 1.10 bits per heavy atom. The molecule has 0 fully saturated rings. The van der Waals surface area contributed by atoms with Crippen LogP contribution < -0.4 is 20.3 Å². The van der Waals surface area contributed by atoms with Gasteiger partial charge >= 0.3 is 0 Å². The Morgan fingerprint density at radius 3 is 2.68 bits per heavy atom. The largest absolute Gasteiger partial charge is 0.486 e. The summed E-state index contributed by atoms with van der Waals surface area (Å²) in [6.07, 6.45) is 1.32. The van der Waals surface area contributed by atoms with Gasteiger partial charge in [-0.25, -0.2) is 4.98 Å². The molecule has 0 spiro atoms. The zero-order valence-corrected chi connectivity index (χ0v) is 16.6. The Labute approximate surface area is 176 Å². The minimum Gasteiger partial charge on any atom is -0.486 e. The van der Waals surface area contributed by atoms with E-state index in [0.29, 0.717) is 36.0 Å². The van der Waals surface area contributed by atoms with Crippen molar-refractivity contribution in [3.05, 3.63) is 64.7 Å². The fourth-order valence-electron chi connectivity index (χ4n) is 3.29. The van der Waals surface area contributed by atoms with Crippen molar-refractivity contribution in [3.63, 3.8) is 0 Å². The van der Waals surface area contributed by atoms with Crippen LogP contribution in [-0.4, -0.2) is 43.7 Å². The molecule has 1 amide bonds. The molecular formula is C21H18N6O4. The molecule has 0 saturated carbocycles. The maximum absolute atomic E-state index is 12.8. The predicted octanol–water partition coefficient (Wildman–Crippen LogP) is 1.70. The second-order valence-electron chi connectivity index (χ2n) is 7.09. The molecule has 0 saturated heterocycles. The molecule has 0 aliphatic carbocycles. The standard InChI is InChI=1S/C21H18N6O4/c1-13-2-5-15(6-3-13)27-20-19(24-25-27)21(29)26(12-22-20)11-18(28)23-14-4-7-16-17(10-14)31-9-8-30-16/h2-7,10,12H,8-9,11H2,1H3,(H,23,28). The van der Waals surface area contributed by atoms with Gasteiger partial charge in [0.05, 0.1) is 5.69 Å². The quantitative estimate of drug-likeness (QED) is 0.537. The van der Waals surface area contributed by atoms with Gasteiger partial charge in [0.15, 0.2) is 22.7 Å². The summed E-state index contributed by atoms with van der Waals surface area (Å²) in [6.45, 7) is 2.71. The number of aryl methyl sites for hydroxylation is 1. The fourth-order valence-corrected chi connectivity index (χ4v) is 3.29. The number of fused-ring (bicyclic) bond motifs is 2. The van der Waals surface area contributed by atoms with Gasteiger partial charge in [0.1, 0.15) is 26.1 Å². The van der Waals surface area contributed by atoms with Crippen LogP contribution >= 0.6 is 0 Å². The molecule has 1 aliphatic rings. The molecule has 31 heavy (non-hydrogen) atoms. The maximum Gasteiger partial charge on any atom is 0.284 e. The number of benzene rings is 2. The molecule has 2 aromatic heterocycles. The van der Waals surface area contributed by atoms with Gasteiger partial charge in [0.25, 0.3) is 5.56 Å². The smallest absolute Gasteiger partial charge is 0.284 e. The van der Waals surface area contributed by atoms with Crippen LogP contribution in [0.15, 0.2) is 53.6 Å². The van der Waals surface area contributed by atoms with E-state index in [4.69, 9.17) is 9.47 Å². The van der Waals surface area contributed by atoms with Gasteiger partial charge in [0, 0.05) is 11.8 Å². The van der Waals surface area contributed by atoms with E-state index in [1.54, 1.807) is 18.2 Å². The lowest BCUT2D eigenvalue weighted by Gasteiger charge is -2.19. The number of ether oxygens (including phenoxy) is 2. The van der Waals surface area contributed by atoms with E-state index >= 15 is 0 Å². The van der Waals surface area contributed by atoms with Crippen LogP contribution in [0.3, 0.4) is 0 Å². The summed E-state index contributed by atoms with van der Waals surface area (Å²) in [4.78, 5) is 29.6. The van der Waals surface area contributed by atoms with Crippen molar-refractivity contribution in [2.24, 2.45) is 0 Å². The second-order valence-corrected chi connectivity index (χ2v) is 7.09. The van der Waals surface area contributed by atoms with Gasteiger partial charge in [-0.2, -0.15) is 4.68 Å². The highest BCUT2D eigenvalue weighted by molar-refractivity contribution is 5.91. The predicted molar refractivity (Wildman–Crippen MR) is 112 cm³/mol. The number of nitrogens with zero attached hydrogens (tertiary/aromatic N) is 5. The zero-order valence-electron chi connectivity index (χ0n) is 16.6. The minimum atomic E-state index is -0.444. The first-order valence-corrected chi connectivity index (χ1v) is 9.66. The Kier molecular flexibility index (Phi) is 4.58. The van der Waals surface area contributed by atoms with Gasteiger partial charge in [-0.05, 0) is 31.2 Å².